The smallest absolute Gasteiger partial charge is 0.240 e. The first kappa shape index (κ1) is 17.2. The van der Waals surface area contributed by atoms with Crippen LogP contribution in [-0.2, 0) is 9.53 Å². The van der Waals surface area contributed by atoms with Gasteiger partial charge in [-0.15, -0.1) is 0 Å². The Morgan fingerprint density at radius 3 is 2.86 bits per heavy atom. The van der Waals surface area contributed by atoms with Crippen LogP contribution in [0.4, 0.5) is 5.13 Å². The number of hydrogen-bond acceptors (Lipinski definition) is 5. The van der Waals surface area contributed by atoms with E-state index in [1.54, 1.807) is 7.11 Å². The Morgan fingerprint density at radius 1 is 1.41 bits per heavy atom. The normalized spacial score (nSPS) is 12.6. The second-order valence-corrected chi connectivity index (χ2v) is 7.14. The van der Waals surface area contributed by atoms with Crippen molar-refractivity contribution in [2.24, 2.45) is 5.92 Å². The van der Waals surface area contributed by atoms with Gasteiger partial charge in [-0.1, -0.05) is 41.1 Å². The molecule has 1 amide bonds. The molecule has 1 heterocycles. The van der Waals surface area contributed by atoms with Crippen LogP contribution in [0.5, 0.6) is 5.75 Å². The molecule has 0 radical (unpaired) electrons. The van der Waals surface area contributed by atoms with Crippen LogP contribution in [0.25, 0.3) is 10.2 Å². The van der Waals surface area contributed by atoms with Crippen LogP contribution in [0.2, 0.25) is 0 Å². The minimum absolute atomic E-state index is 0.0781. The van der Waals surface area contributed by atoms with E-state index in [-0.39, 0.29) is 16.7 Å². The number of methoxy groups -OCH3 is 1. The quantitative estimate of drug-likeness (QED) is 0.582. The number of ether oxygens (including phenoxy) is 2. The number of halogens is 1. The number of nitrogens with zero attached hydrogens (tertiary/aromatic N) is 1. The van der Waals surface area contributed by atoms with Gasteiger partial charge >= 0.3 is 0 Å². The number of nitrogens with one attached hydrogen (secondary N) is 1. The summed E-state index contributed by atoms with van der Waals surface area (Å²) in [4.78, 5) is 16.2. The lowest BCUT2D eigenvalue weighted by Crippen LogP contribution is -2.26. The molecule has 7 heteroatoms. The molecule has 0 unspecified atom stereocenters. The number of amides is 1. The summed E-state index contributed by atoms with van der Waals surface area (Å²) in [6.45, 7) is 5.02. The van der Waals surface area contributed by atoms with E-state index < -0.39 is 0 Å². The molecule has 0 bridgehead atoms. The Kier molecular flexibility index (Phi) is 6.16. The zero-order chi connectivity index (χ0) is 16.1. The number of hydrogen-bond donors (Lipinski definition) is 1. The van der Waals surface area contributed by atoms with E-state index in [1.165, 1.54) is 11.3 Å². The van der Waals surface area contributed by atoms with Crippen molar-refractivity contribution < 1.29 is 14.3 Å². The fraction of sp³-hybridized carbons (Fsp3) is 0.467. The molecule has 1 aromatic heterocycles. The van der Waals surface area contributed by atoms with Crippen molar-refractivity contribution >= 4 is 48.5 Å². The van der Waals surface area contributed by atoms with Gasteiger partial charge in [0.15, 0.2) is 5.13 Å². The van der Waals surface area contributed by atoms with Gasteiger partial charge < -0.3 is 14.8 Å². The maximum absolute atomic E-state index is 12.0. The number of rotatable bonds is 7. The van der Waals surface area contributed by atoms with E-state index in [2.05, 4.69) is 26.2 Å². The molecule has 1 aromatic carbocycles. The van der Waals surface area contributed by atoms with Crippen molar-refractivity contribution in [2.75, 3.05) is 25.6 Å². The van der Waals surface area contributed by atoms with Gasteiger partial charge in [0, 0.05) is 7.11 Å². The third-order valence-electron chi connectivity index (χ3n) is 2.98. The molecule has 5 nitrogen and oxygen atoms in total. The van der Waals surface area contributed by atoms with Crippen LogP contribution in [-0.4, -0.2) is 36.0 Å². The maximum atomic E-state index is 12.0. The topological polar surface area (TPSA) is 60.5 Å². The monoisotopic (exact) mass is 386 g/mol. The highest BCUT2D eigenvalue weighted by Gasteiger charge is 2.19. The number of carbonyl (C=O) groups is 1. The Balaban J connectivity index is 2.08. The molecule has 0 saturated carbocycles. The van der Waals surface area contributed by atoms with Gasteiger partial charge in [0.25, 0.3) is 0 Å². The molecule has 0 spiro atoms. The van der Waals surface area contributed by atoms with E-state index in [0.29, 0.717) is 18.3 Å². The van der Waals surface area contributed by atoms with Crippen molar-refractivity contribution in [2.45, 2.75) is 18.7 Å². The van der Waals surface area contributed by atoms with Gasteiger partial charge in [0.2, 0.25) is 5.91 Å². The first-order chi connectivity index (χ1) is 10.5. The molecule has 0 saturated heterocycles. The summed E-state index contributed by atoms with van der Waals surface area (Å²) in [7, 11) is 1.64. The van der Waals surface area contributed by atoms with Crippen molar-refractivity contribution in [3.63, 3.8) is 0 Å². The van der Waals surface area contributed by atoms with Crippen LogP contribution in [0.3, 0.4) is 0 Å². The molecule has 0 aliphatic heterocycles. The van der Waals surface area contributed by atoms with Crippen molar-refractivity contribution in [3.05, 3.63) is 18.2 Å². The molecule has 0 aliphatic carbocycles. The van der Waals surface area contributed by atoms with E-state index in [1.807, 2.05) is 32.0 Å². The highest BCUT2D eigenvalue weighted by molar-refractivity contribution is 9.10. The Hall–Kier alpha value is -1.18. The van der Waals surface area contributed by atoms with Crippen LogP contribution in [0, 0.1) is 5.92 Å². The van der Waals surface area contributed by atoms with Crippen LogP contribution in [0.15, 0.2) is 18.2 Å². The van der Waals surface area contributed by atoms with Gasteiger partial charge in [-0.05, 0) is 24.1 Å². The van der Waals surface area contributed by atoms with Crippen LogP contribution < -0.4 is 10.1 Å². The minimum Gasteiger partial charge on any atom is -0.491 e. The summed E-state index contributed by atoms with van der Waals surface area (Å²) in [6.07, 6.45) is 0. The SMILES string of the molecule is COCCOc1ccc2nc(NC(=O)[C@H](Br)C(C)C)sc2c1. The highest BCUT2D eigenvalue weighted by atomic mass is 79.9. The highest BCUT2D eigenvalue weighted by Crippen LogP contribution is 2.29. The van der Waals surface area contributed by atoms with E-state index in [0.717, 1.165) is 16.0 Å². The lowest BCUT2D eigenvalue weighted by atomic mass is 10.1. The fourth-order valence-corrected chi connectivity index (χ4v) is 2.78. The third-order valence-corrected chi connectivity index (χ3v) is 5.39. The summed E-state index contributed by atoms with van der Waals surface area (Å²) in [6, 6.07) is 5.68. The van der Waals surface area contributed by atoms with Gasteiger partial charge in [0.05, 0.1) is 21.7 Å². The largest absolute Gasteiger partial charge is 0.491 e. The average Bonchev–Trinajstić information content (AvgIpc) is 2.87. The van der Waals surface area contributed by atoms with E-state index in [9.17, 15) is 4.79 Å². The second-order valence-electron chi connectivity index (χ2n) is 5.12. The third kappa shape index (κ3) is 4.41. The lowest BCUT2D eigenvalue weighted by Gasteiger charge is -2.11. The molecule has 1 atom stereocenters. The number of benzene rings is 1. The fourth-order valence-electron chi connectivity index (χ4n) is 1.77. The van der Waals surface area contributed by atoms with Gasteiger partial charge in [-0.25, -0.2) is 4.98 Å². The first-order valence-corrected chi connectivity index (χ1v) is 8.71. The Labute approximate surface area is 142 Å². The van der Waals surface area contributed by atoms with Crippen molar-refractivity contribution in [3.8, 4) is 5.75 Å². The summed E-state index contributed by atoms with van der Waals surface area (Å²) >= 11 is 4.82. The Morgan fingerprint density at radius 2 is 2.18 bits per heavy atom. The van der Waals surface area contributed by atoms with Crippen LogP contribution in [0.1, 0.15) is 13.8 Å². The molecule has 2 aromatic rings. The number of aromatic nitrogens is 1. The zero-order valence-electron chi connectivity index (χ0n) is 12.8. The molecule has 0 aliphatic rings. The predicted octanol–water partition coefficient (Wildman–Crippen LogP) is 3.68. The first-order valence-electron chi connectivity index (χ1n) is 6.98. The van der Waals surface area contributed by atoms with Gasteiger partial charge in [-0.2, -0.15) is 0 Å². The summed E-state index contributed by atoms with van der Waals surface area (Å²) in [5.74, 6) is 0.910. The number of alkyl halides is 1. The zero-order valence-corrected chi connectivity index (χ0v) is 15.2. The summed E-state index contributed by atoms with van der Waals surface area (Å²) in [5, 5.41) is 3.44. The number of thiazole rings is 1. The minimum atomic E-state index is -0.229. The Bertz CT molecular complexity index is 645. The van der Waals surface area contributed by atoms with E-state index >= 15 is 0 Å². The molecule has 0 fully saturated rings. The standard InChI is InChI=1S/C15H19BrN2O3S/c1-9(2)13(16)14(19)18-15-17-11-5-4-10(8-12(11)22-15)21-7-6-20-3/h4-5,8-9,13H,6-7H2,1-3H3,(H,17,18,19)/t13-/m1/s1. The summed E-state index contributed by atoms with van der Waals surface area (Å²) in [5.41, 5.74) is 0.843. The molecule has 120 valence electrons. The molecule has 22 heavy (non-hydrogen) atoms. The second kappa shape index (κ2) is 7.89. The van der Waals surface area contributed by atoms with Crippen LogP contribution >= 0.6 is 27.3 Å². The predicted molar refractivity (Wildman–Crippen MR) is 93.2 cm³/mol. The van der Waals surface area contributed by atoms with Crippen molar-refractivity contribution in [1.29, 1.82) is 0 Å². The van der Waals surface area contributed by atoms with Crippen molar-refractivity contribution in [1.82, 2.24) is 4.98 Å². The number of carbonyl (C=O) groups excluding carboxylic acids is 1. The maximum Gasteiger partial charge on any atom is 0.240 e. The molecular formula is C15H19BrN2O3S. The number of fused-ring (bicyclic) bond motifs is 1. The molecule has 2 rings (SSSR count). The molecule has 1 N–H and O–H groups in total. The van der Waals surface area contributed by atoms with Gasteiger partial charge in [-0.3, -0.25) is 4.79 Å². The lowest BCUT2D eigenvalue weighted by molar-refractivity contribution is -0.116. The summed E-state index contributed by atoms with van der Waals surface area (Å²) < 4.78 is 11.5. The molecular weight excluding hydrogens is 368 g/mol. The average molecular weight is 387 g/mol. The number of anilines is 1. The van der Waals surface area contributed by atoms with Gasteiger partial charge in [0.1, 0.15) is 12.4 Å². The van der Waals surface area contributed by atoms with E-state index in [4.69, 9.17) is 9.47 Å².